The first-order valence-corrected chi connectivity index (χ1v) is 15.8. The second-order valence-electron chi connectivity index (χ2n) is 11.9. The molecule has 2 aromatic heterocycles. The van der Waals surface area contributed by atoms with Crippen LogP contribution in [-0.4, -0.2) is 58.0 Å². The van der Waals surface area contributed by atoms with Gasteiger partial charge in [0.25, 0.3) is 5.91 Å². The molecule has 1 amide bonds. The summed E-state index contributed by atoms with van der Waals surface area (Å²) in [4.78, 5) is 18.4. The quantitative estimate of drug-likeness (QED) is 0.185. The Labute approximate surface area is 254 Å². The molecule has 3 aromatic rings. The van der Waals surface area contributed by atoms with Gasteiger partial charge in [-0.25, -0.2) is 4.52 Å². The number of likely N-dealkylation sites (tertiary alicyclic amines) is 1. The summed E-state index contributed by atoms with van der Waals surface area (Å²) in [5, 5.41) is 4.97. The van der Waals surface area contributed by atoms with Crippen LogP contribution in [-0.2, 0) is 0 Å². The number of hydrogen-bond donors (Lipinski definition) is 0. The van der Waals surface area contributed by atoms with Crippen molar-refractivity contribution in [3.05, 3.63) is 59.8 Å². The molecule has 216 valence electrons. The molecule has 40 heavy (non-hydrogen) atoms. The number of halogens is 1. The van der Waals surface area contributed by atoms with Crippen molar-refractivity contribution in [2.45, 2.75) is 66.2 Å². The lowest BCUT2D eigenvalue weighted by molar-refractivity contribution is 0.0741. The molecule has 1 saturated heterocycles. The summed E-state index contributed by atoms with van der Waals surface area (Å²) in [6, 6.07) is 12.0. The van der Waals surface area contributed by atoms with Crippen molar-refractivity contribution in [1.82, 2.24) is 19.4 Å². The Morgan fingerprint density at radius 2 is 1.65 bits per heavy atom. The molecule has 0 radical (unpaired) electrons. The summed E-state index contributed by atoms with van der Waals surface area (Å²) in [5.41, 5.74) is 4.66. The maximum atomic E-state index is 13.8. The van der Waals surface area contributed by atoms with Crippen molar-refractivity contribution in [3.63, 3.8) is 0 Å². The van der Waals surface area contributed by atoms with E-state index in [-0.39, 0.29) is 5.91 Å². The highest BCUT2D eigenvalue weighted by Crippen LogP contribution is 2.30. The van der Waals surface area contributed by atoms with E-state index in [4.69, 9.17) is 8.16 Å². The highest BCUT2D eigenvalue weighted by atomic mass is 127. The first kappa shape index (κ1) is 30.6. The van der Waals surface area contributed by atoms with Gasteiger partial charge in [-0.1, -0.05) is 52.7 Å². The molecular weight excluding hydrogens is 611 g/mol. The van der Waals surface area contributed by atoms with Gasteiger partial charge >= 0.3 is 0 Å². The van der Waals surface area contributed by atoms with E-state index in [1.165, 1.54) is 25.7 Å². The van der Waals surface area contributed by atoms with Crippen molar-refractivity contribution in [3.8, 4) is 17.0 Å². The molecule has 1 aromatic carbocycles. The number of aromatic nitrogens is 2. The van der Waals surface area contributed by atoms with Gasteiger partial charge in [0.2, 0.25) is 0 Å². The maximum Gasteiger partial charge on any atom is 0.253 e. The molecule has 1 aliphatic rings. The van der Waals surface area contributed by atoms with Crippen molar-refractivity contribution in [1.29, 1.82) is 0 Å². The molecule has 4 rings (SSSR count). The normalized spacial score (nSPS) is 14.9. The van der Waals surface area contributed by atoms with Crippen LogP contribution >= 0.6 is 23.0 Å². The monoisotopic (exact) mass is 656 g/mol. The van der Waals surface area contributed by atoms with Crippen LogP contribution in [0.3, 0.4) is 0 Å². The average molecular weight is 657 g/mol. The van der Waals surface area contributed by atoms with Crippen LogP contribution in [0.5, 0.6) is 5.75 Å². The Morgan fingerprint density at radius 1 is 1.00 bits per heavy atom. The van der Waals surface area contributed by atoms with Crippen molar-refractivity contribution in [2.24, 2.45) is 11.8 Å². The number of nitrogens with zero attached hydrogens (tertiary/aromatic N) is 4. The molecule has 0 N–H and O–H groups in total. The van der Waals surface area contributed by atoms with E-state index in [1.54, 1.807) is 0 Å². The van der Waals surface area contributed by atoms with Crippen LogP contribution in [0.2, 0.25) is 0 Å². The fraction of sp³-hybridized carbons (Fsp3) is 0.515. The summed E-state index contributed by atoms with van der Waals surface area (Å²) >= 11 is 1.90. The Hall–Kier alpha value is -2.39. The summed E-state index contributed by atoms with van der Waals surface area (Å²) in [6.45, 7) is 13.7. The summed E-state index contributed by atoms with van der Waals surface area (Å²) in [6.07, 6.45) is 13.6. The molecule has 0 bridgehead atoms. The number of rotatable bonds is 12. The molecule has 1 aliphatic heterocycles. The SMILES string of the molecule is CC(C)CCN(CCC(C)C)C(=O)c1ccn2nc(-c3ccc(OI)cc3)c(/C=C/CN3CCCCCC3)c2c1. The highest BCUT2D eigenvalue weighted by Gasteiger charge is 2.20. The molecule has 0 spiro atoms. The van der Waals surface area contributed by atoms with E-state index in [2.05, 4.69) is 44.7 Å². The molecule has 0 unspecified atom stereocenters. The Balaban J connectivity index is 1.69. The number of benzene rings is 1. The second kappa shape index (κ2) is 15.0. The van der Waals surface area contributed by atoms with Crippen LogP contribution < -0.4 is 3.07 Å². The first-order valence-electron chi connectivity index (χ1n) is 14.9. The number of fused-ring (bicyclic) bond motifs is 1. The van der Waals surface area contributed by atoms with E-state index in [1.807, 2.05) is 75.0 Å². The van der Waals surface area contributed by atoms with Gasteiger partial charge in [-0.2, -0.15) is 5.10 Å². The van der Waals surface area contributed by atoms with Crippen molar-refractivity contribution >= 4 is 40.5 Å². The minimum atomic E-state index is 0.106. The fourth-order valence-corrected chi connectivity index (χ4v) is 5.50. The number of carbonyl (C=O) groups excluding carboxylic acids is 1. The summed E-state index contributed by atoms with van der Waals surface area (Å²) in [5.74, 6) is 2.02. The zero-order valence-electron chi connectivity index (χ0n) is 24.6. The minimum Gasteiger partial charge on any atom is -0.428 e. The third kappa shape index (κ3) is 8.32. The molecule has 3 heterocycles. The third-order valence-corrected chi connectivity index (χ3v) is 8.23. The zero-order chi connectivity index (χ0) is 28.5. The lowest BCUT2D eigenvalue weighted by Gasteiger charge is -2.24. The highest BCUT2D eigenvalue weighted by molar-refractivity contribution is 14.1. The number of amides is 1. The van der Waals surface area contributed by atoms with E-state index >= 15 is 0 Å². The standard InChI is InChI=1S/C33H45IN4O2/c1-25(2)15-21-37(22-16-26(3)4)33(39)28-17-23-38-31(24-28)30(10-9-20-36-18-7-5-6-8-19-36)32(35-38)27-11-13-29(40-34)14-12-27/h9-14,17,23-26H,5-8,15-16,18-22H2,1-4H3/b10-9+. The molecule has 0 atom stereocenters. The topological polar surface area (TPSA) is 50.1 Å². The molecule has 0 aliphatic carbocycles. The third-order valence-electron chi connectivity index (χ3n) is 7.72. The second-order valence-corrected chi connectivity index (χ2v) is 12.3. The predicted molar refractivity (Wildman–Crippen MR) is 174 cm³/mol. The van der Waals surface area contributed by atoms with Crippen molar-refractivity contribution < 1.29 is 7.86 Å². The smallest absolute Gasteiger partial charge is 0.253 e. The van der Waals surface area contributed by atoms with Gasteiger partial charge in [0.1, 0.15) is 11.4 Å². The average Bonchev–Trinajstić information content (AvgIpc) is 3.10. The van der Waals surface area contributed by atoms with Gasteiger partial charge in [-0.15, -0.1) is 0 Å². The lowest BCUT2D eigenvalue weighted by atomic mass is 10.0. The van der Waals surface area contributed by atoms with E-state index < -0.39 is 0 Å². The van der Waals surface area contributed by atoms with E-state index in [0.29, 0.717) is 11.8 Å². The van der Waals surface area contributed by atoms with Gasteiger partial charge in [0, 0.05) is 42.5 Å². The van der Waals surface area contributed by atoms with Crippen LogP contribution in [0, 0.1) is 11.8 Å². The molecular formula is C33H45IN4O2. The predicted octanol–water partition coefficient (Wildman–Crippen LogP) is 8.15. The summed E-state index contributed by atoms with van der Waals surface area (Å²) in [7, 11) is 0. The largest absolute Gasteiger partial charge is 0.428 e. The summed E-state index contributed by atoms with van der Waals surface area (Å²) < 4.78 is 7.26. The lowest BCUT2D eigenvalue weighted by Crippen LogP contribution is -2.34. The van der Waals surface area contributed by atoms with Gasteiger partial charge < -0.3 is 7.97 Å². The first-order chi connectivity index (χ1) is 19.4. The minimum absolute atomic E-state index is 0.106. The Bertz CT molecular complexity index is 1250. The molecule has 6 nitrogen and oxygen atoms in total. The molecule has 1 fully saturated rings. The van der Waals surface area contributed by atoms with Crippen molar-refractivity contribution in [2.75, 3.05) is 32.7 Å². The van der Waals surface area contributed by atoms with Crippen LogP contribution in [0.1, 0.15) is 82.1 Å². The van der Waals surface area contributed by atoms with Crippen LogP contribution in [0.25, 0.3) is 22.9 Å². The van der Waals surface area contributed by atoms with Gasteiger partial charge in [0.15, 0.2) is 23.0 Å². The van der Waals surface area contributed by atoms with Crippen LogP contribution in [0.4, 0.5) is 0 Å². The van der Waals surface area contributed by atoms with Gasteiger partial charge in [-0.3, -0.25) is 9.69 Å². The van der Waals surface area contributed by atoms with Gasteiger partial charge in [-0.05, 0) is 87.0 Å². The molecule has 0 saturated carbocycles. The van der Waals surface area contributed by atoms with Crippen LogP contribution in [0.15, 0.2) is 48.7 Å². The number of carbonyl (C=O) groups is 1. The Kier molecular flexibility index (Phi) is 11.5. The number of hydrogen-bond acceptors (Lipinski definition) is 4. The maximum absolute atomic E-state index is 13.8. The van der Waals surface area contributed by atoms with Gasteiger partial charge in [0.05, 0.1) is 5.52 Å². The van der Waals surface area contributed by atoms with E-state index in [0.717, 1.165) is 79.2 Å². The number of pyridine rings is 1. The zero-order valence-corrected chi connectivity index (χ0v) is 26.8. The van der Waals surface area contributed by atoms with E-state index in [9.17, 15) is 4.79 Å². The fourth-order valence-electron chi connectivity index (χ4n) is 5.20. The molecule has 7 heteroatoms. The Morgan fingerprint density at radius 3 is 2.25 bits per heavy atom.